The first kappa shape index (κ1) is 9.67. The maximum absolute atomic E-state index is 5.62. The first-order valence-electron chi connectivity index (χ1n) is 3.75. The summed E-state index contributed by atoms with van der Waals surface area (Å²) in [6, 6.07) is 3.71. The van der Waals surface area contributed by atoms with Gasteiger partial charge in [0.15, 0.2) is 5.65 Å². The van der Waals surface area contributed by atoms with E-state index in [1.807, 2.05) is 12.1 Å². The summed E-state index contributed by atoms with van der Waals surface area (Å²) in [5, 5.41) is 0.882. The summed E-state index contributed by atoms with van der Waals surface area (Å²) in [6.07, 6.45) is 0. The Bertz CT molecular complexity index is 423. The first-order valence-corrected chi connectivity index (χ1v) is 5.34. The molecule has 0 aromatic carbocycles. The standard InChI is InChI=1S/C8H6Br2N4/c9-4-1-3-2-5(10)7(12)14-8(3)13-6(4)11/h1-2H,(H4,11,12,13,14). The molecule has 0 spiro atoms. The van der Waals surface area contributed by atoms with Crippen LogP contribution in [0.3, 0.4) is 0 Å². The van der Waals surface area contributed by atoms with E-state index in [-0.39, 0.29) is 0 Å². The maximum atomic E-state index is 5.62. The molecule has 0 saturated heterocycles. The van der Waals surface area contributed by atoms with E-state index < -0.39 is 0 Å². The fourth-order valence-corrected chi connectivity index (χ4v) is 1.75. The smallest absolute Gasteiger partial charge is 0.164 e. The zero-order valence-electron chi connectivity index (χ0n) is 6.96. The van der Waals surface area contributed by atoms with Crippen LogP contribution in [0.25, 0.3) is 11.0 Å². The topological polar surface area (TPSA) is 77.8 Å². The van der Waals surface area contributed by atoms with Gasteiger partial charge in [-0.15, -0.1) is 0 Å². The third-order valence-electron chi connectivity index (χ3n) is 1.76. The van der Waals surface area contributed by atoms with Crippen molar-refractivity contribution in [2.45, 2.75) is 0 Å². The van der Waals surface area contributed by atoms with Gasteiger partial charge in [0.25, 0.3) is 0 Å². The lowest BCUT2D eigenvalue weighted by Gasteiger charge is -2.03. The second-order valence-electron chi connectivity index (χ2n) is 2.76. The molecular formula is C8H6Br2N4. The van der Waals surface area contributed by atoms with Crippen molar-refractivity contribution in [3.63, 3.8) is 0 Å². The minimum absolute atomic E-state index is 0.409. The number of nitrogens with zero attached hydrogens (tertiary/aromatic N) is 2. The summed E-state index contributed by atoms with van der Waals surface area (Å²) in [5.74, 6) is 0.818. The van der Waals surface area contributed by atoms with Crippen molar-refractivity contribution in [2.24, 2.45) is 0 Å². The Kier molecular flexibility index (Phi) is 2.32. The van der Waals surface area contributed by atoms with Gasteiger partial charge in [0, 0.05) is 5.39 Å². The van der Waals surface area contributed by atoms with Crippen LogP contribution in [0, 0.1) is 0 Å². The molecule has 0 fully saturated rings. The van der Waals surface area contributed by atoms with Crippen LogP contribution in [0.4, 0.5) is 11.6 Å². The highest BCUT2D eigenvalue weighted by Crippen LogP contribution is 2.26. The van der Waals surface area contributed by atoms with Crippen molar-refractivity contribution in [1.82, 2.24) is 9.97 Å². The Morgan fingerprint density at radius 1 is 0.929 bits per heavy atom. The highest BCUT2D eigenvalue weighted by atomic mass is 79.9. The minimum Gasteiger partial charge on any atom is -0.383 e. The van der Waals surface area contributed by atoms with E-state index in [0.29, 0.717) is 17.3 Å². The molecule has 0 unspecified atom stereocenters. The number of nitrogens with two attached hydrogens (primary N) is 2. The van der Waals surface area contributed by atoms with Gasteiger partial charge in [-0.05, 0) is 44.0 Å². The van der Waals surface area contributed by atoms with E-state index in [9.17, 15) is 0 Å². The molecule has 0 atom stereocenters. The van der Waals surface area contributed by atoms with E-state index >= 15 is 0 Å². The monoisotopic (exact) mass is 316 g/mol. The molecule has 2 rings (SSSR count). The summed E-state index contributed by atoms with van der Waals surface area (Å²) < 4.78 is 1.51. The van der Waals surface area contributed by atoms with Gasteiger partial charge in [0.1, 0.15) is 11.6 Å². The Morgan fingerprint density at radius 2 is 1.36 bits per heavy atom. The molecule has 0 aliphatic heterocycles. The number of hydrogen-bond donors (Lipinski definition) is 2. The Balaban J connectivity index is 2.83. The fraction of sp³-hybridized carbons (Fsp3) is 0. The van der Waals surface area contributed by atoms with Gasteiger partial charge >= 0.3 is 0 Å². The summed E-state index contributed by atoms with van der Waals surface area (Å²) in [7, 11) is 0. The van der Waals surface area contributed by atoms with Crippen LogP contribution in [-0.2, 0) is 0 Å². The number of nitrogen functional groups attached to an aromatic ring is 2. The Hall–Kier alpha value is -0.880. The summed E-state index contributed by atoms with van der Waals surface area (Å²) in [6.45, 7) is 0. The van der Waals surface area contributed by atoms with Crippen molar-refractivity contribution in [3.8, 4) is 0 Å². The van der Waals surface area contributed by atoms with Gasteiger partial charge in [-0.1, -0.05) is 0 Å². The number of hydrogen-bond acceptors (Lipinski definition) is 4. The van der Waals surface area contributed by atoms with Gasteiger partial charge in [-0.25, -0.2) is 9.97 Å². The molecule has 0 aliphatic rings. The van der Waals surface area contributed by atoms with Gasteiger partial charge in [0.05, 0.1) is 8.95 Å². The number of halogens is 2. The van der Waals surface area contributed by atoms with Crippen molar-refractivity contribution < 1.29 is 0 Å². The predicted molar refractivity (Wildman–Crippen MR) is 63.8 cm³/mol. The molecule has 6 heteroatoms. The van der Waals surface area contributed by atoms with Crippen molar-refractivity contribution in [1.29, 1.82) is 0 Å². The van der Waals surface area contributed by atoms with E-state index in [4.69, 9.17) is 11.5 Å². The van der Waals surface area contributed by atoms with Crippen LogP contribution in [0.1, 0.15) is 0 Å². The van der Waals surface area contributed by atoms with Gasteiger partial charge in [0.2, 0.25) is 0 Å². The molecule has 0 bridgehead atoms. The summed E-state index contributed by atoms with van der Waals surface area (Å²) in [5.41, 5.74) is 11.8. The third-order valence-corrected chi connectivity index (χ3v) is 3.04. The van der Waals surface area contributed by atoms with E-state index in [2.05, 4.69) is 41.8 Å². The van der Waals surface area contributed by atoms with Crippen LogP contribution in [0.15, 0.2) is 21.1 Å². The lowest BCUT2D eigenvalue weighted by Crippen LogP contribution is -1.97. The first-order chi connectivity index (χ1) is 6.58. The van der Waals surface area contributed by atoms with E-state index in [1.54, 1.807) is 0 Å². The largest absolute Gasteiger partial charge is 0.383 e. The van der Waals surface area contributed by atoms with E-state index in [1.165, 1.54) is 0 Å². The Morgan fingerprint density at radius 3 is 1.79 bits per heavy atom. The number of aromatic nitrogens is 2. The van der Waals surface area contributed by atoms with E-state index in [0.717, 1.165) is 14.3 Å². The molecular weight excluding hydrogens is 312 g/mol. The SMILES string of the molecule is Nc1nc2nc(N)c(Br)cc2cc1Br. The van der Waals surface area contributed by atoms with Crippen LogP contribution in [0.2, 0.25) is 0 Å². The molecule has 14 heavy (non-hydrogen) atoms. The number of anilines is 2. The lowest BCUT2D eigenvalue weighted by atomic mass is 10.3. The lowest BCUT2D eigenvalue weighted by molar-refractivity contribution is 1.28. The van der Waals surface area contributed by atoms with Gasteiger partial charge in [-0.2, -0.15) is 0 Å². The van der Waals surface area contributed by atoms with Gasteiger partial charge < -0.3 is 11.5 Å². The third kappa shape index (κ3) is 1.55. The number of pyridine rings is 2. The molecule has 2 aromatic rings. The van der Waals surface area contributed by atoms with Gasteiger partial charge in [-0.3, -0.25) is 0 Å². The van der Waals surface area contributed by atoms with Crippen LogP contribution >= 0.6 is 31.9 Å². The van der Waals surface area contributed by atoms with Crippen LogP contribution < -0.4 is 11.5 Å². The maximum Gasteiger partial charge on any atom is 0.164 e. The Labute approximate surface area is 97.0 Å². The molecule has 0 aliphatic carbocycles. The zero-order valence-corrected chi connectivity index (χ0v) is 10.1. The van der Waals surface area contributed by atoms with Crippen LogP contribution in [0.5, 0.6) is 0 Å². The average molecular weight is 318 g/mol. The molecule has 2 aromatic heterocycles. The molecule has 0 radical (unpaired) electrons. The highest BCUT2D eigenvalue weighted by Gasteiger charge is 2.05. The van der Waals surface area contributed by atoms with Crippen molar-refractivity contribution in [3.05, 3.63) is 21.1 Å². The van der Waals surface area contributed by atoms with Crippen LogP contribution in [-0.4, -0.2) is 9.97 Å². The zero-order chi connectivity index (χ0) is 10.3. The molecule has 72 valence electrons. The number of fused-ring (bicyclic) bond motifs is 1. The molecule has 4 nitrogen and oxygen atoms in total. The fourth-order valence-electron chi connectivity index (χ4n) is 1.08. The second-order valence-corrected chi connectivity index (χ2v) is 4.47. The average Bonchev–Trinajstić information content (AvgIpc) is 2.11. The molecule has 4 N–H and O–H groups in total. The normalized spacial score (nSPS) is 10.7. The molecule has 0 amide bonds. The highest BCUT2D eigenvalue weighted by molar-refractivity contribution is 9.11. The van der Waals surface area contributed by atoms with Crippen molar-refractivity contribution in [2.75, 3.05) is 11.5 Å². The van der Waals surface area contributed by atoms with Crippen molar-refractivity contribution >= 4 is 54.5 Å². The minimum atomic E-state index is 0.409. The molecule has 0 saturated carbocycles. The second kappa shape index (κ2) is 3.36. The number of rotatable bonds is 0. The quantitative estimate of drug-likeness (QED) is 0.781. The summed E-state index contributed by atoms with van der Waals surface area (Å²) in [4.78, 5) is 8.19. The molecule has 2 heterocycles. The predicted octanol–water partition coefficient (Wildman–Crippen LogP) is 2.32. The summed E-state index contributed by atoms with van der Waals surface area (Å²) >= 11 is 6.60.